The predicted octanol–water partition coefficient (Wildman–Crippen LogP) is 2.09. The Kier molecular flexibility index (Phi) is 6.57. The first-order valence-electron chi connectivity index (χ1n) is 4.57. The van der Waals surface area contributed by atoms with Crippen LogP contribution in [0.15, 0.2) is 65.0 Å². The molecule has 1 aromatic rings. The van der Waals surface area contributed by atoms with Gasteiger partial charge in [-0.2, -0.15) is 12.1 Å². The Labute approximate surface area is 115 Å². The third-order valence-electron chi connectivity index (χ3n) is 1.85. The molecule has 0 bridgehead atoms. The Morgan fingerprint density at radius 2 is 1.50 bits per heavy atom. The molecule has 0 radical (unpaired) electrons. The van der Waals surface area contributed by atoms with Crippen LogP contribution in [0.2, 0.25) is 0 Å². The molecular formula is C11H11FeO5S-. The third-order valence-corrected chi connectivity index (χ3v) is 2.72. The van der Waals surface area contributed by atoms with Crippen molar-refractivity contribution in [3.05, 3.63) is 60.1 Å². The van der Waals surface area contributed by atoms with E-state index in [9.17, 15) is 8.42 Å². The van der Waals surface area contributed by atoms with E-state index in [1.54, 1.807) is 36.4 Å². The SMILES string of the molecule is O=S(=O)(O)[c-]1cccc1.OC(O)=C1C=CC=C1.[Fe]. The Morgan fingerprint density at radius 1 is 1.06 bits per heavy atom. The maximum atomic E-state index is 10.2. The maximum absolute atomic E-state index is 10.2. The minimum Gasteiger partial charge on any atom is -0.481 e. The third kappa shape index (κ3) is 5.29. The second-order valence-corrected chi connectivity index (χ2v) is 4.51. The molecule has 0 atom stereocenters. The fraction of sp³-hybridized carbons (Fsp3) is 0. The van der Waals surface area contributed by atoms with Crippen LogP contribution in [0.5, 0.6) is 0 Å². The second-order valence-electron chi connectivity index (χ2n) is 3.09. The minimum absolute atomic E-state index is 0. The zero-order valence-electron chi connectivity index (χ0n) is 9.04. The zero-order valence-corrected chi connectivity index (χ0v) is 11.0. The van der Waals surface area contributed by atoms with E-state index in [0.29, 0.717) is 5.57 Å². The molecule has 0 spiro atoms. The van der Waals surface area contributed by atoms with Crippen molar-refractivity contribution >= 4 is 10.1 Å². The van der Waals surface area contributed by atoms with Gasteiger partial charge in [-0.3, -0.25) is 4.55 Å². The van der Waals surface area contributed by atoms with Crippen LogP contribution < -0.4 is 0 Å². The number of rotatable bonds is 1. The average Bonchev–Trinajstić information content (AvgIpc) is 2.92. The van der Waals surface area contributed by atoms with E-state index in [2.05, 4.69) is 0 Å². The van der Waals surface area contributed by atoms with E-state index in [-0.39, 0.29) is 22.0 Å². The molecule has 0 saturated heterocycles. The van der Waals surface area contributed by atoms with Crippen LogP contribution in [0.3, 0.4) is 0 Å². The van der Waals surface area contributed by atoms with Crippen LogP contribution in [0.4, 0.5) is 0 Å². The number of aliphatic hydroxyl groups is 2. The average molecular weight is 311 g/mol. The van der Waals surface area contributed by atoms with Crippen molar-refractivity contribution in [2.45, 2.75) is 4.90 Å². The molecule has 5 nitrogen and oxygen atoms in total. The summed E-state index contributed by atoms with van der Waals surface area (Å²) in [4.78, 5) is -0.0532. The minimum atomic E-state index is -3.96. The summed E-state index contributed by atoms with van der Waals surface area (Å²) in [5.74, 6) is -0.616. The second kappa shape index (κ2) is 7.13. The van der Waals surface area contributed by atoms with Gasteiger partial charge in [0, 0.05) is 17.1 Å². The smallest absolute Gasteiger partial charge is 0.281 e. The van der Waals surface area contributed by atoms with Gasteiger partial charge in [0.25, 0.3) is 5.95 Å². The van der Waals surface area contributed by atoms with E-state index in [1.165, 1.54) is 12.1 Å². The number of aliphatic hydroxyl groups excluding tert-OH is 1. The van der Waals surface area contributed by atoms with Gasteiger partial charge in [-0.05, 0) is 17.0 Å². The molecule has 100 valence electrons. The summed E-state index contributed by atoms with van der Waals surface area (Å²) in [5, 5.41) is 16.8. The number of allylic oxidation sites excluding steroid dienone is 5. The first-order chi connectivity index (χ1) is 7.91. The van der Waals surface area contributed by atoms with E-state index in [0.717, 1.165) is 0 Å². The molecular weight excluding hydrogens is 300 g/mol. The van der Waals surface area contributed by atoms with Gasteiger partial charge in [0.15, 0.2) is 0 Å². The summed E-state index contributed by atoms with van der Waals surface area (Å²) in [6.45, 7) is 0. The van der Waals surface area contributed by atoms with E-state index < -0.39 is 16.1 Å². The molecule has 0 saturated carbocycles. The van der Waals surface area contributed by atoms with Crippen molar-refractivity contribution in [2.24, 2.45) is 0 Å². The molecule has 0 fully saturated rings. The number of hydrogen-bond donors (Lipinski definition) is 3. The van der Waals surface area contributed by atoms with Crippen molar-refractivity contribution < 1.29 is 40.3 Å². The van der Waals surface area contributed by atoms with Gasteiger partial charge in [-0.1, -0.05) is 12.2 Å². The van der Waals surface area contributed by atoms with Crippen molar-refractivity contribution in [1.29, 1.82) is 0 Å². The van der Waals surface area contributed by atoms with Crippen LogP contribution in [0, 0.1) is 0 Å². The Hall–Kier alpha value is -1.40. The normalized spacial score (nSPS) is 12.6. The van der Waals surface area contributed by atoms with E-state index >= 15 is 0 Å². The Balaban J connectivity index is 0.000000306. The molecule has 1 aliphatic carbocycles. The Morgan fingerprint density at radius 3 is 1.72 bits per heavy atom. The summed E-state index contributed by atoms with van der Waals surface area (Å²) in [6.07, 6.45) is 6.72. The monoisotopic (exact) mass is 311 g/mol. The van der Waals surface area contributed by atoms with Crippen molar-refractivity contribution in [3.63, 3.8) is 0 Å². The van der Waals surface area contributed by atoms with E-state index in [1.807, 2.05) is 0 Å². The van der Waals surface area contributed by atoms with Crippen LogP contribution >= 0.6 is 0 Å². The molecule has 18 heavy (non-hydrogen) atoms. The summed E-state index contributed by atoms with van der Waals surface area (Å²) < 4.78 is 28.8. The summed E-state index contributed by atoms with van der Waals surface area (Å²) >= 11 is 0. The standard InChI is InChI=1S/C6H6O2.C5H5O3S.Fe/c7-6(8)5-3-1-2-4-5;6-9(7,8)5-3-1-2-4-5;/h1-4,7-8H;1-4H,(H,6,7,8);/q;-1;. The van der Waals surface area contributed by atoms with Crippen molar-refractivity contribution in [3.8, 4) is 0 Å². The molecule has 0 amide bonds. The van der Waals surface area contributed by atoms with Gasteiger partial charge >= 0.3 is 0 Å². The van der Waals surface area contributed by atoms with Crippen LogP contribution in [-0.2, 0) is 27.2 Å². The van der Waals surface area contributed by atoms with Gasteiger partial charge in [0.1, 0.15) is 0 Å². The molecule has 0 unspecified atom stereocenters. The fourth-order valence-electron chi connectivity index (χ4n) is 1.05. The van der Waals surface area contributed by atoms with Crippen LogP contribution in [0.25, 0.3) is 0 Å². The predicted molar refractivity (Wildman–Crippen MR) is 62.4 cm³/mol. The molecule has 0 aromatic heterocycles. The quantitative estimate of drug-likeness (QED) is 0.319. The first-order valence-corrected chi connectivity index (χ1v) is 6.01. The van der Waals surface area contributed by atoms with Crippen molar-refractivity contribution in [2.75, 3.05) is 0 Å². The Bertz CT molecular complexity index is 534. The summed E-state index contributed by atoms with van der Waals surface area (Å²) in [7, 11) is -3.96. The molecule has 2 rings (SSSR count). The van der Waals surface area contributed by atoms with Gasteiger partial charge in [0.05, 0.1) is 5.57 Å². The largest absolute Gasteiger partial charge is 0.481 e. The van der Waals surface area contributed by atoms with Gasteiger partial charge < -0.3 is 10.2 Å². The molecule has 3 N–H and O–H groups in total. The molecule has 1 aliphatic rings. The van der Waals surface area contributed by atoms with Gasteiger partial charge in [-0.25, -0.2) is 20.6 Å². The van der Waals surface area contributed by atoms with Crippen LogP contribution in [0.1, 0.15) is 0 Å². The van der Waals surface area contributed by atoms with Gasteiger partial charge in [-0.15, -0.1) is 0 Å². The van der Waals surface area contributed by atoms with Crippen molar-refractivity contribution in [1.82, 2.24) is 0 Å². The topological polar surface area (TPSA) is 94.8 Å². The fourth-order valence-corrected chi connectivity index (χ4v) is 1.55. The van der Waals surface area contributed by atoms with E-state index in [4.69, 9.17) is 14.8 Å². The first kappa shape index (κ1) is 16.6. The molecule has 0 heterocycles. The van der Waals surface area contributed by atoms with Gasteiger partial charge in [0.2, 0.25) is 10.1 Å². The number of hydrogen-bond acceptors (Lipinski definition) is 4. The molecule has 1 aromatic carbocycles. The zero-order chi connectivity index (χ0) is 12.9. The summed E-state index contributed by atoms with van der Waals surface area (Å²) in [5.41, 5.74) is 0.463. The molecule has 7 heteroatoms. The maximum Gasteiger partial charge on any atom is 0.281 e. The summed E-state index contributed by atoms with van der Waals surface area (Å²) in [6, 6.07) is 5.75. The molecule has 0 aliphatic heterocycles. The van der Waals surface area contributed by atoms with Crippen LogP contribution in [-0.4, -0.2) is 23.2 Å².